The Hall–Kier alpha value is -2.82. The first kappa shape index (κ1) is 12.6. The molecule has 0 amide bonds. The van der Waals surface area contributed by atoms with E-state index in [0.29, 0.717) is 5.82 Å². The molecule has 2 aromatic rings. The summed E-state index contributed by atoms with van der Waals surface area (Å²) in [6, 6.07) is 1.76. The predicted molar refractivity (Wildman–Crippen MR) is 62.7 cm³/mol. The quantitative estimate of drug-likeness (QED) is 0.862. The van der Waals surface area contributed by atoms with Gasteiger partial charge in [0.15, 0.2) is 5.69 Å². The molecule has 2 rings (SSSR count). The van der Waals surface area contributed by atoms with E-state index in [4.69, 9.17) is 5.26 Å². The highest BCUT2D eigenvalue weighted by atomic mass is 16.4. The van der Waals surface area contributed by atoms with Gasteiger partial charge in [-0.2, -0.15) is 5.26 Å². The van der Waals surface area contributed by atoms with E-state index >= 15 is 0 Å². The van der Waals surface area contributed by atoms with Crippen molar-refractivity contribution in [3.05, 3.63) is 29.9 Å². The zero-order chi connectivity index (χ0) is 14.0. The van der Waals surface area contributed by atoms with Gasteiger partial charge in [-0.3, -0.25) is 0 Å². The van der Waals surface area contributed by atoms with Gasteiger partial charge < -0.3 is 5.11 Å². The molecule has 1 N–H and O–H groups in total. The lowest BCUT2D eigenvalue weighted by Crippen LogP contribution is -2.12. The maximum absolute atomic E-state index is 11.2. The summed E-state index contributed by atoms with van der Waals surface area (Å²) in [6.45, 7) is 3.73. The van der Waals surface area contributed by atoms with Crippen molar-refractivity contribution in [2.45, 2.75) is 19.8 Å². The normalized spacial score (nSPS) is 10.4. The second kappa shape index (κ2) is 4.81. The summed E-state index contributed by atoms with van der Waals surface area (Å²) in [7, 11) is 0. The molecule has 96 valence electrons. The molecule has 19 heavy (non-hydrogen) atoms. The molecule has 0 saturated carbocycles. The number of nitrogens with zero attached hydrogens (tertiary/aromatic N) is 6. The van der Waals surface area contributed by atoms with E-state index in [1.54, 1.807) is 6.07 Å². The maximum Gasteiger partial charge on any atom is 0.356 e. The second-order valence-electron chi connectivity index (χ2n) is 4.05. The zero-order valence-corrected chi connectivity index (χ0v) is 10.3. The van der Waals surface area contributed by atoms with Gasteiger partial charge in [0, 0.05) is 5.92 Å². The first-order valence-electron chi connectivity index (χ1n) is 5.45. The third kappa shape index (κ3) is 2.40. The summed E-state index contributed by atoms with van der Waals surface area (Å²) in [5.74, 6) is -0.795. The van der Waals surface area contributed by atoms with Crippen molar-refractivity contribution in [1.29, 1.82) is 5.26 Å². The molecule has 0 aliphatic carbocycles. The van der Waals surface area contributed by atoms with Crippen LogP contribution in [0.3, 0.4) is 0 Å². The molecule has 0 saturated heterocycles. The molecule has 8 nitrogen and oxygen atoms in total. The lowest BCUT2D eigenvalue weighted by atomic mass is 10.2. The van der Waals surface area contributed by atoms with Crippen LogP contribution in [0.25, 0.3) is 5.69 Å². The van der Waals surface area contributed by atoms with Gasteiger partial charge in [-0.25, -0.2) is 24.4 Å². The predicted octanol–water partition coefficient (Wildman–Crippen LogP) is 0.751. The summed E-state index contributed by atoms with van der Waals surface area (Å²) in [6.07, 6.45) is 2.61. The minimum Gasteiger partial charge on any atom is -0.476 e. The number of nitriles is 1. The number of carboxylic acid groups (broad SMARTS) is 1. The number of aromatic nitrogens is 5. The standard InChI is InChI=1S/C11H10N6O2/c1-6(2)10-13-4-7(9(15-10)11(18)19)17-5-14-8(3-12)16-17/h4-6H,1-2H3,(H,18,19). The number of aromatic carboxylic acids is 1. The fraction of sp³-hybridized carbons (Fsp3) is 0.273. The Balaban J connectivity index is 2.57. The van der Waals surface area contributed by atoms with Crippen molar-refractivity contribution in [1.82, 2.24) is 24.7 Å². The lowest BCUT2D eigenvalue weighted by Gasteiger charge is -2.08. The van der Waals surface area contributed by atoms with E-state index in [-0.39, 0.29) is 23.1 Å². The summed E-state index contributed by atoms with van der Waals surface area (Å²) < 4.78 is 1.17. The topological polar surface area (TPSA) is 118 Å². The number of carbonyl (C=O) groups is 1. The zero-order valence-electron chi connectivity index (χ0n) is 10.3. The smallest absolute Gasteiger partial charge is 0.356 e. The Morgan fingerprint density at radius 1 is 1.47 bits per heavy atom. The van der Waals surface area contributed by atoms with Gasteiger partial charge in [-0.15, -0.1) is 5.10 Å². The molecular weight excluding hydrogens is 248 g/mol. The van der Waals surface area contributed by atoms with Crippen LogP contribution in [0, 0.1) is 11.3 Å². The van der Waals surface area contributed by atoms with E-state index in [1.807, 2.05) is 13.8 Å². The van der Waals surface area contributed by atoms with Gasteiger partial charge >= 0.3 is 5.97 Å². The van der Waals surface area contributed by atoms with Gasteiger partial charge in [0.2, 0.25) is 0 Å². The molecule has 0 spiro atoms. The van der Waals surface area contributed by atoms with E-state index in [1.165, 1.54) is 17.2 Å². The van der Waals surface area contributed by atoms with Crippen LogP contribution < -0.4 is 0 Å². The van der Waals surface area contributed by atoms with Crippen LogP contribution >= 0.6 is 0 Å². The first-order chi connectivity index (χ1) is 9.02. The molecule has 0 aliphatic heterocycles. The largest absolute Gasteiger partial charge is 0.476 e. The number of rotatable bonds is 3. The van der Waals surface area contributed by atoms with Crippen molar-refractivity contribution in [3.8, 4) is 11.8 Å². The van der Waals surface area contributed by atoms with Gasteiger partial charge in [0.25, 0.3) is 5.82 Å². The maximum atomic E-state index is 11.2. The third-order valence-corrected chi connectivity index (χ3v) is 2.35. The summed E-state index contributed by atoms with van der Waals surface area (Å²) >= 11 is 0. The molecule has 0 bridgehead atoms. The molecule has 0 fully saturated rings. The highest BCUT2D eigenvalue weighted by Crippen LogP contribution is 2.15. The molecule has 0 radical (unpaired) electrons. The summed E-state index contributed by atoms with van der Waals surface area (Å²) in [5, 5.41) is 21.7. The molecule has 2 aromatic heterocycles. The SMILES string of the molecule is CC(C)c1ncc(-n2cnc(C#N)n2)c(C(=O)O)n1. The monoisotopic (exact) mass is 258 g/mol. The van der Waals surface area contributed by atoms with Gasteiger partial charge in [-0.1, -0.05) is 13.8 Å². The Kier molecular flexibility index (Phi) is 3.20. The molecule has 0 aromatic carbocycles. The van der Waals surface area contributed by atoms with Crippen LogP contribution in [0.1, 0.15) is 41.9 Å². The summed E-state index contributed by atoms with van der Waals surface area (Å²) in [4.78, 5) is 23.0. The van der Waals surface area contributed by atoms with Crippen LogP contribution in [0.5, 0.6) is 0 Å². The minimum absolute atomic E-state index is 0.0116. The number of hydrogen-bond acceptors (Lipinski definition) is 6. The minimum atomic E-state index is -1.19. The average molecular weight is 258 g/mol. The lowest BCUT2D eigenvalue weighted by molar-refractivity contribution is 0.0689. The van der Waals surface area contributed by atoms with Crippen molar-refractivity contribution < 1.29 is 9.90 Å². The molecule has 0 atom stereocenters. The first-order valence-corrected chi connectivity index (χ1v) is 5.45. The van der Waals surface area contributed by atoms with E-state index in [0.717, 1.165) is 0 Å². The van der Waals surface area contributed by atoms with Crippen molar-refractivity contribution >= 4 is 5.97 Å². The molecule has 8 heteroatoms. The molecular formula is C11H10N6O2. The molecule has 0 aliphatic rings. The van der Waals surface area contributed by atoms with Crippen LogP contribution in [0.2, 0.25) is 0 Å². The fourth-order valence-electron chi connectivity index (χ4n) is 1.42. The number of hydrogen-bond donors (Lipinski definition) is 1. The second-order valence-corrected chi connectivity index (χ2v) is 4.05. The van der Waals surface area contributed by atoms with Gasteiger partial charge in [0.1, 0.15) is 23.9 Å². The van der Waals surface area contributed by atoms with Gasteiger partial charge in [0.05, 0.1) is 6.20 Å². The van der Waals surface area contributed by atoms with Gasteiger partial charge in [-0.05, 0) is 0 Å². The highest BCUT2D eigenvalue weighted by molar-refractivity contribution is 5.89. The van der Waals surface area contributed by atoms with E-state index < -0.39 is 5.97 Å². The number of carboxylic acids is 1. The average Bonchev–Trinajstić information content (AvgIpc) is 2.86. The Labute approximate surface area is 108 Å². The van der Waals surface area contributed by atoms with Crippen molar-refractivity contribution in [2.24, 2.45) is 0 Å². The Bertz CT molecular complexity index is 670. The fourth-order valence-corrected chi connectivity index (χ4v) is 1.42. The highest BCUT2D eigenvalue weighted by Gasteiger charge is 2.18. The Morgan fingerprint density at radius 3 is 2.74 bits per heavy atom. The van der Waals surface area contributed by atoms with Crippen LogP contribution in [0.4, 0.5) is 0 Å². The van der Waals surface area contributed by atoms with Crippen LogP contribution in [0.15, 0.2) is 12.5 Å². The van der Waals surface area contributed by atoms with Crippen molar-refractivity contribution in [2.75, 3.05) is 0 Å². The van der Waals surface area contributed by atoms with Crippen LogP contribution in [-0.2, 0) is 0 Å². The Morgan fingerprint density at radius 2 is 2.21 bits per heavy atom. The molecule has 2 heterocycles. The van der Waals surface area contributed by atoms with E-state index in [2.05, 4.69) is 20.1 Å². The summed E-state index contributed by atoms with van der Waals surface area (Å²) in [5.41, 5.74) is -0.000935. The molecule has 0 unspecified atom stereocenters. The van der Waals surface area contributed by atoms with Crippen molar-refractivity contribution in [3.63, 3.8) is 0 Å². The van der Waals surface area contributed by atoms with E-state index in [9.17, 15) is 9.90 Å². The van der Waals surface area contributed by atoms with Crippen LogP contribution in [-0.4, -0.2) is 35.8 Å². The third-order valence-electron chi connectivity index (χ3n) is 2.35.